The van der Waals surface area contributed by atoms with Crippen LogP contribution in [0.1, 0.15) is 39.9 Å². The van der Waals surface area contributed by atoms with Crippen LogP contribution in [0.25, 0.3) is 0 Å². The molecule has 2 amide bonds. The van der Waals surface area contributed by atoms with E-state index in [4.69, 9.17) is 0 Å². The highest BCUT2D eigenvalue weighted by molar-refractivity contribution is 6.20. The summed E-state index contributed by atoms with van der Waals surface area (Å²) >= 11 is 0. The van der Waals surface area contributed by atoms with Gasteiger partial charge in [0.1, 0.15) is 0 Å². The maximum atomic E-state index is 13.5. The lowest BCUT2D eigenvalue weighted by Crippen LogP contribution is -2.43. The summed E-state index contributed by atoms with van der Waals surface area (Å²) in [5.41, 5.74) is 1.75. The third-order valence-electron chi connectivity index (χ3n) is 6.28. The van der Waals surface area contributed by atoms with Gasteiger partial charge in [0.05, 0.1) is 22.5 Å². The summed E-state index contributed by atoms with van der Waals surface area (Å²) in [5, 5.41) is 5.35. The van der Waals surface area contributed by atoms with Crippen LogP contribution < -0.4 is 15.5 Å². The number of amides is 2. The van der Waals surface area contributed by atoms with E-state index in [0.29, 0.717) is 35.7 Å². The fourth-order valence-corrected chi connectivity index (χ4v) is 4.51. The lowest BCUT2D eigenvalue weighted by Gasteiger charge is -2.23. The Bertz CT molecular complexity index is 1330. The molecule has 0 radical (unpaired) electrons. The van der Waals surface area contributed by atoms with Crippen LogP contribution in [0.3, 0.4) is 0 Å². The zero-order valence-corrected chi connectivity index (χ0v) is 19.2. The Morgan fingerprint density at radius 3 is 2.39 bits per heavy atom. The van der Waals surface area contributed by atoms with Gasteiger partial charge < -0.3 is 15.5 Å². The van der Waals surface area contributed by atoms with Crippen LogP contribution in [0.15, 0.2) is 77.8 Å². The van der Waals surface area contributed by atoms with Crippen molar-refractivity contribution < 1.29 is 22.8 Å². The predicted octanol–water partition coefficient (Wildman–Crippen LogP) is 4.85. The minimum absolute atomic E-state index is 0.141. The molecular weight excluding hydrogens is 469 g/mol. The molecule has 6 nitrogen and oxygen atoms in total. The number of carbonyl (C=O) groups is 2. The van der Waals surface area contributed by atoms with Crippen molar-refractivity contribution in [3.8, 4) is 0 Å². The van der Waals surface area contributed by atoms with Gasteiger partial charge in [-0.25, -0.2) is 4.99 Å². The second kappa shape index (κ2) is 9.49. The second-order valence-electron chi connectivity index (χ2n) is 8.68. The highest BCUT2D eigenvalue weighted by atomic mass is 19.4. The quantitative estimate of drug-likeness (QED) is 0.547. The number of hydrogen-bond donors (Lipinski definition) is 2. The van der Waals surface area contributed by atoms with E-state index in [9.17, 15) is 22.8 Å². The molecule has 0 unspecified atom stereocenters. The molecule has 0 spiro atoms. The number of nitrogens with one attached hydrogen (secondary N) is 2. The molecule has 3 aromatic rings. The standard InChI is InChI=1S/C27H23F3N4O2/c28-27(29,30)18-12-13-22(34-14-6-7-15-34)20(16-18)25(35)33-24-26(36)31-21-11-5-4-10-19(21)23(32-24)17-8-2-1-3-9-17/h1-5,8-13,16,24H,6-7,14-15H2,(H,31,36)(H,33,35)/t24-/m1/s1. The number of halogens is 3. The number of hydrogen-bond acceptors (Lipinski definition) is 4. The van der Waals surface area contributed by atoms with E-state index in [1.165, 1.54) is 6.07 Å². The van der Waals surface area contributed by atoms with Crippen molar-refractivity contribution in [3.63, 3.8) is 0 Å². The second-order valence-corrected chi connectivity index (χ2v) is 8.68. The van der Waals surface area contributed by atoms with Crippen molar-refractivity contribution >= 4 is 28.9 Å². The van der Waals surface area contributed by atoms with Crippen LogP contribution in [-0.2, 0) is 11.0 Å². The summed E-state index contributed by atoms with van der Waals surface area (Å²) in [6.07, 6.45) is -4.19. The zero-order valence-electron chi connectivity index (χ0n) is 19.2. The van der Waals surface area contributed by atoms with Crippen LogP contribution in [0, 0.1) is 0 Å². The van der Waals surface area contributed by atoms with Gasteiger partial charge in [-0.2, -0.15) is 13.2 Å². The Balaban J connectivity index is 1.54. The summed E-state index contributed by atoms with van der Waals surface area (Å²) in [5.74, 6) is -1.39. The molecule has 9 heteroatoms. The molecule has 2 aliphatic rings. The van der Waals surface area contributed by atoms with Gasteiger partial charge in [0, 0.05) is 29.9 Å². The van der Waals surface area contributed by atoms with E-state index < -0.39 is 29.7 Å². The lowest BCUT2D eigenvalue weighted by molar-refractivity contribution is -0.137. The molecule has 184 valence electrons. The molecule has 36 heavy (non-hydrogen) atoms. The smallest absolute Gasteiger partial charge is 0.371 e. The molecule has 5 rings (SSSR count). The van der Waals surface area contributed by atoms with Gasteiger partial charge in [-0.15, -0.1) is 0 Å². The molecule has 0 bridgehead atoms. The van der Waals surface area contributed by atoms with Gasteiger partial charge in [-0.3, -0.25) is 9.59 Å². The lowest BCUT2D eigenvalue weighted by atomic mass is 10.0. The average Bonchev–Trinajstić information content (AvgIpc) is 3.37. The molecule has 1 fully saturated rings. The molecule has 1 atom stereocenters. The zero-order chi connectivity index (χ0) is 25.3. The molecule has 0 saturated carbocycles. The normalized spacial score (nSPS) is 17.6. The number of benzodiazepines with no additional fused rings is 1. The van der Waals surface area contributed by atoms with Crippen molar-refractivity contribution in [1.82, 2.24) is 5.32 Å². The number of anilines is 2. The highest BCUT2D eigenvalue weighted by Gasteiger charge is 2.34. The molecule has 2 aliphatic heterocycles. The predicted molar refractivity (Wildman–Crippen MR) is 131 cm³/mol. The van der Waals surface area contributed by atoms with Crippen LogP contribution >= 0.6 is 0 Å². The Morgan fingerprint density at radius 1 is 0.972 bits per heavy atom. The van der Waals surface area contributed by atoms with E-state index in [1.54, 1.807) is 12.1 Å². The minimum Gasteiger partial charge on any atom is -0.371 e. The first-order valence-electron chi connectivity index (χ1n) is 11.6. The van der Waals surface area contributed by atoms with Crippen LogP contribution in [0.4, 0.5) is 24.5 Å². The SMILES string of the molecule is O=C(N[C@H]1N=C(c2ccccc2)c2ccccc2NC1=O)c1cc(C(F)(F)F)ccc1N1CCCC1. The van der Waals surface area contributed by atoms with Crippen LogP contribution in [0.2, 0.25) is 0 Å². The average molecular weight is 493 g/mol. The largest absolute Gasteiger partial charge is 0.416 e. The Hall–Kier alpha value is -4.14. The number of carbonyl (C=O) groups excluding carboxylic acids is 2. The first-order valence-corrected chi connectivity index (χ1v) is 11.6. The van der Waals surface area contributed by atoms with Gasteiger partial charge in [0.25, 0.3) is 11.8 Å². The fraction of sp³-hybridized carbons (Fsp3) is 0.222. The van der Waals surface area contributed by atoms with Crippen molar-refractivity contribution in [2.24, 2.45) is 4.99 Å². The summed E-state index contributed by atoms with van der Waals surface area (Å²) < 4.78 is 40.4. The van der Waals surface area contributed by atoms with E-state index >= 15 is 0 Å². The van der Waals surface area contributed by atoms with Gasteiger partial charge in [0.15, 0.2) is 0 Å². The highest BCUT2D eigenvalue weighted by Crippen LogP contribution is 2.34. The number of rotatable bonds is 4. The third-order valence-corrected chi connectivity index (χ3v) is 6.28. The first-order chi connectivity index (χ1) is 17.3. The maximum Gasteiger partial charge on any atom is 0.416 e. The van der Waals surface area contributed by atoms with Crippen molar-refractivity contribution in [1.29, 1.82) is 0 Å². The Labute approximate surface area is 205 Å². The van der Waals surface area contributed by atoms with E-state index in [2.05, 4.69) is 15.6 Å². The number of para-hydroxylation sites is 1. The Morgan fingerprint density at radius 2 is 1.67 bits per heavy atom. The number of benzene rings is 3. The van der Waals surface area contributed by atoms with E-state index in [0.717, 1.165) is 30.5 Å². The first kappa shape index (κ1) is 23.6. The summed E-state index contributed by atoms with van der Waals surface area (Å²) in [4.78, 5) is 32.9. The number of alkyl halides is 3. The van der Waals surface area contributed by atoms with Crippen molar-refractivity contribution in [3.05, 3.63) is 95.1 Å². The van der Waals surface area contributed by atoms with Gasteiger partial charge in [-0.05, 0) is 37.1 Å². The number of nitrogens with zero attached hydrogens (tertiary/aromatic N) is 2. The topological polar surface area (TPSA) is 73.8 Å². The maximum absolute atomic E-state index is 13.5. The molecule has 2 heterocycles. The monoisotopic (exact) mass is 492 g/mol. The van der Waals surface area contributed by atoms with Crippen molar-refractivity contribution in [2.75, 3.05) is 23.3 Å². The third kappa shape index (κ3) is 4.68. The van der Waals surface area contributed by atoms with E-state index in [-0.39, 0.29) is 5.56 Å². The molecule has 3 aromatic carbocycles. The summed E-state index contributed by atoms with van der Waals surface area (Å²) in [6.45, 7) is 1.28. The summed E-state index contributed by atoms with van der Waals surface area (Å²) in [7, 11) is 0. The molecule has 1 saturated heterocycles. The fourth-order valence-electron chi connectivity index (χ4n) is 4.51. The number of fused-ring (bicyclic) bond motifs is 1. The Kier molecular flexibility index (Phi) is 6.22. The van der Waals surface area contributed by atoms with Crippen LogP contribution in [-0.4, -0.2) is 36.8 Å². The van der Waals surface area contributed by atoms with Crippen LogP contribution in [0.5, 0.6) is 0 Å². The molecule has 0 aliphatic carbocycles. The van der Waals surface area contributed by atoms with E-state index in [1.807, 2.05) is 47.4 Å². The molecule has 2 N–H and O–H groups in total. The van der Waals surface area contributed by atoms with Gasteiger partial charge >= 0.3 is 6.18 Å². The number of aliphatic imine (C=N–C) groups is 1. The van der Waals surface area contributed by atoms with Gasteiger partial charge in [-0.1, -0.05) is 48.5 Å². The molecule has 0 aromatic heterocycles. The van der Waals surface area contributed by atoms with Crippen molar-refractivity contribution in [2.45, 2.75) is 25.2 Å². The van der Waals surface area contributed by atoms with Gasteiger partial charge in [0.2, 0.25) is 6.17 Å². The summed E-state index contributed by atoms with van der Waals surface area (Å²) in [6, 6.07) is 19.5. The minimum atomic E-state index is -4.61. The molecular formula is C27H23F3N4O2.